The van der Waals surface area contributed by atoms with E-state index < -0.39 is 0 Å². The molecule has 1 heterocycles. The van der Waals surface area contributed by atoms with Gasteiger partial charge in [-0.2, -0.15) is 0 Å². The smallest absolute Gasteiger partial charge is 0.255 e. The van der Waals surface area contributed by atoms with Crippen molar-refractivity contribution in [2.45, 2.75) is 6.10 Å². The number of amides is 1. The zero-order chi connectivity index (χ0) is 14.7. The Morgan fingerprint density at radius 2 is 1.86 bits per heavy atom. The Labute approximate surface area is 127 Å². The molecule has 0 bridgehead atoms. The van der Waals surface area contributed by atoms with Crippen LogP contribution in [0.15, 0.2) is 48.5 Å². The van der Waals surface area contributed by atoms with Gasteiger partial charge in [0.05, 0.1) is 6.61 Å². The third kappa shape index (κ3) is 3.97. The van der Waals surface area contributed by atoms with Crippen LogP contribution < -0.4 is 10.1 Å². The van der Waals surface area contributed by atoms with Crippen LogP contribution in [-0.4, -0.2) is 25.2 Å². The van der Waals surface area contributed by atoms with Gasteiger partial charge in [0.1, 0.15) is 18.5 Å². The van der Waals surface area contributed by atoms with Gasteiger partial charge >= 0.3 is 0 Å². The van der Waals surface area contributed by atoms with Gasteiger partial charge in [-0.1, -0.05) is 11.6 Å². The normalized spacial score (nSPS) is 16.3. The first-order chi connectivity index (χ1) is 10.2. The number of halogens is 1. The summed E-state index contributed by atoms with van der Waals surface area (Å²) in [5, 5.41) is 3.42. The van der Waals surface area contributed by atoms with Crippen molar-refractivity contribution < 1.29 is 14.3 Å². The Morgan fingerprint density at radius 1 is 1.19 bits per heavy atom. The highest BCUT2D eigenvalue weighted by Gasteiger charge is 2.22. The van der Waals surface area contributed by atoms with E-state index in [4.69, 9.17) is 21.1 Å². The van der Waals surface area contributed by atoms with Gasteiger partial charge in [0.15, 0.2) is 0 Å². The van der Waals surface area contributed by atoms with Crippen molar-refractivity contribution in [1.82, 2.24) is 0 Å². The van der Waals surface area contributed by atoms with Crippen LogP contribution in [0.5, 0.6) is 5.75 Å². The molecule has 0 aromatic heterocycles. The number of carbonyl (C=O) groups excluding carboxylic acids is 1. The van der Waals surface area contributed by atoms with Crippen molar-refractivity contribution in [2.75, 3.05) is 18.5 Å². The number of nitrogens with one attached hydrogen (secondary N) is 1. The summed E-state index contributed by atoms with van der Waals surface area (Å²) >= 11 is 5.80. The van der Waals surface area contributed by atoms with Crippen molar-refractivity contribution in [3.63, 3.8) is 0 Å². The lowest BCUT2D eigenvalue weighted by Gasteiger charge is -2.07. The molecule has 2 aromatic rings. The SMILES string of the molecule is O=C(Nc1ccc(OCC2CO2)cc1)c1ccc(Cl)cc1. The number of hydrogen-bond acceptors (Lipinski definition) is 3. The van der Waals surface area contributed by atoms with Crippen molar-refractivity contribution >= 4 is 23.2 Å². The van der Waals surface area contributed by atoms with E-state index in [2.05, 4.69) is 5.32 Å². The zero-order valence-electron chi connectivity index (χ0n) is 11.2. The Morgan fingerprint density at radius 3 is 2.48 bits per heavy atom. The summed E-state index contributed by atoms with van der Waals surface area (Å²) in [5.41, 5.74) is 1.27. The lowest BCUT2D eigenvalue weighted by molar-refractivity contribution is 0.102. The fraction of sp³-hybridized carbons (Fsp3) is 0.188. The number of carbonyl (C=O) groups is 1. The summed E-state index contributed by atoms with van der Waals surface area (Å²) in [7, 11) is 0. The fourth-order valence-electron chi connectivity index (χ4n) is 1.79. The zero-order valence-corrected chi connectivity index (χ0v) is 12.0. The van der Waals surface area contributed by atoms with Gasteiger partial charge in [-0.05, 0) is 48.5 Å². The van der Waals surface area contributed by atoms with Crippen molar-refractivity contribution in [2.24, 2.45) is 0 Å². The minimum atomic E-state index is -0.174. The summed E-state index contributed by atoms with van der Waals surface area (Å²) in [6.45, 7) is 1.34. The van der Waals surface area contributed by atoms with Gasteiger partial charge in [-0.25, -0.2) is 0 Å². The lowest BCUT2D eigenvalue weighted by Crippen LogP contribution is -2.11. The van der Waals surface area contributed by atoms with Crippen LogP contribution in [0.1, 0.15) is 10.4 Å². The Bertz CT molecular complexity index is 621. The average molecular weight is 304 g/mol. The molecule has 3 rings (SSSR count). The van der Waals surface area contributed by atoms with Crippen LogP contribution in [0.3, 0.4) is 0 Å². The Hall–Kier alpha value is -2.04. The molecule has 5 heteroatoms. The predicted molar refractivity (Wildman–Crippen MR) is 81.1 cm³/mol. The molecular formula is C16H14ClNO3. The first-order valence-electron chi connectivity index (χ1n) is 6.62. The number of benzene rings is 2. The molecule has 0 saturated carbocycles. The van der Waals surface area contributed by atoms with E-state index in [1.165, 1.54) is 0 Å². The minimum Gasteiger partial charge on any atom is -0.491 e. The maximum absolute atomic E-state index is 12.0. The Balaban J connectivity index is 1.58. The molecule has 21 heavy (non-hydrogen) atoms. The molecule has 1 aliphatic heterocycles. The van der Waals surface area contributed by atoms with Gasteiger partial charge in [0.2, 0.25) is 0 Å². The number of ether oxygens (including phenoxy) is 2. The molecule has 1 aliphatic rings. The van der Waals surface area contributed by atoms with Crippen LogP contribution in [-0.2, 0) is 4.74 Å². The molecule has 0 spiro atoms. The molecule has 1 fully saturated rings. The average Bonchev–Trinajstić information content (AvgIpc) is 3.31. The van der Waals surface area contributed by atoms with Crippen LogP contribution in [0.4, 0.5) is 5.69 Å². The van der Waals surface area contributed by atoms with Crippen molar-refractivity contribution in [1.29, 1.82) is 0 Å². The number of rotatable bonds is 5. The van der Waals surface area contributed by atoms with E-state index in [9.17, 15) is 4.79 Å². The van der Waals surface area contributed by atoms with Gasteiger partial charge in [0.25, 0.3) is 5.91 Å². The summed E-state index contributed by atoms with van der Waals surface area (Å²) < 4.78 is 10.6. The fourth-order valence-corrected chi connectivity index (χ4v) is 1.92. The number of hydrogen-bond donors (Lipinski definition) is 1. The van der Waals surface area contributed by atoms with Crippen molar-refractivity contribution in [3.05, 3.63) is 59.1 Å². The van der Waals surface area contributed by atoms with E-state index in [0.29, 0.717) is 22.9 Å². The van der Waals surface area contributed by atoms with Crippen molar-refractivity contribution in [3.8, 4) is 5.75 Å². The molecule has 108 valence electrons. The quantitative estimate of drug-likeness (QED) is 0.862. The van der Waals surface area contributed by atoms with Gasteiger partial charge in [-0.3, -0.25) is 4.79 Å². The first-order valence-corrected chi connectivity index (χ1v) is 7.00. The molecule has 0 aliphatic carbocycles. The van der Waals surface area contributed by atoms with Crippen LogP contribution in [0.25, 0.3) is 0 Å². The highest BCUT2D eigenvalue weighted by Crippen LogP contribution is 2.19. The predicted octanol–water partition coefficient (Wildman–Crippen LogP) is 3.37. The molecule has 1 saturated heterocycles. The largest absolute Gasteiger partial charge is 0.491 e. The first kappa shape index (κ1) is 13.9. The standard InChI is InChI=1S/C16H14ClNO3/c17-12-3-1-11(2-4-12)16(19)18-13-5-7-14(8-6-13)20-9-15-10-21-15/h1-8,15H,9-10H2,(H,18,19). The summed E-state index contributed by atoms with van der Waals surface area (Å²) in [4.78, 5) is 12.0. The molecular weight excluding hydrogens is 290 g/mol. The Kier molecular flexibility index (Phi) is 4.08. The monoisotopic (exact) mass is 303 g/mol. The second kappa shape index (κ2) is 6.16. The third-order valence-electron chi connectivity index (χ3n) is 3.06. The van der Waals surface area contributed by atoms with Gasteiger partial charge in [0, 0.05) is 16.3 Å². The van der Waals surface area contributed by atoms with E-state index >= 15 is 0 Å². The highest BCUT2D eigenvalue weighted by molar-refractivity contribution is 6.30. The topological polar surface area (TPSA) is 50.9 Å². The minimum absolute atomic E-state index is 0.174. The van der Waals surface area contributed by atoms with E-state index in [-0.39, 0.29) is 12.0 Å². The van der Waals surface area contributed by atoms with E-state index in [1.54, 1.807) is 36.4 Å². The van der Waals surface area contributed by atoms with E-state index in [0.717, 1.165) is 12.4 Å². The molecule has 0 radical (unpaired) electrons. The van der Waals surface area contributed by atoms with E-state index in [1.807, 2.05) is 12.1 Å². The molecule has 1 N–H and O–H groups in total. The second-order valence-electron chi connectivity index (χ2n) is 4.75. The highest BCUT2D eigenvalue weighted by atomic mass is 35.5. The van der Waals surface area contributed by atoms with Crippen LogP contribution in [0, 0.1) is 0 Å². The number of epoxide rings is 1. The molecule has 1 amide bonds. The summed E-state index contributed by atoms with van der Waals surface area (Å²) in [6, 6.07) is 14.0. The van der Waals surface area contributed by atoms with Crippen LogP contribution in [0.2, 0.25) is 5.02 Å². The molecule has 1 unspecified atom stereocenters. The van der Waals surface area contributed by atoms with Crippen LogP contribution >= 0.6 is 11.6 Å². The molecule has 2 aromatic carbocycles. The number of anilines is 1. The molecule has 4 nitrogen and oxygen atoms in total. The maximum atomic E-state index is 12.0. The summed E-state index contributed by atoms with van der Waals surface area (Å²) in [5.74, 6) is 0.585. The third-order valence-corrected chi connectivity index (χ3v) is 3.31. The molecule has 1 atom stereocenters. The van der Waals surface area contributed by atoms with Gasteiger partial charge < -0.3 is 14.8 Å². The van der Waals surface area contributed by atoms with Gasteiger partial charge in [-0.15, -0.1) is 0 Å². The summed E-state index contributed by atoms with van der Waals surface area (Å²) in [6.07, 6.45) is 0.231. The second-order valence-corrected chi connectivity index (χ2v) is 5.19. The maximum Gasteiger partial charge on any atom is 0.255 e. The lowest BCUT2D eigenvalue weighted by atomic mass is 10.2.